The lowest BCUT2D eigenvalue weighted by molar-refractivity contribution is 0.00578. The minimum atomic E-state index is -0.386. The Morgan fingerprint density at radius 1 is 0.450 bits per heavy atom. The first kappa shape index (κ1) is 23.9. The zero-order valence-corrected chi connectivity index (χ0v) is 23.4. The van der Waals surface area contributed by atoms with Gasteiger partial charge >= 0.3 is 7.12 Å². The second kappa shape index (κ2) is 8.07. The quantitative estimate of drug-likeness (QED) is 0.216. The van der Waals surface area contributed by atoms with Gasteiger partial charge in [-0.25, -0.2) is 0 Å². The third kappa shape index (κ3) is 3.02. The van der Waals surface area contributed by atoms with E-state index in [2.05, 4.69) is 143 Å². The predicted octanol–water partition coefficient (Wildman–Crippen LogP) is 8.00. The van der Waals surface area contributed by atoms with Gasteiger partial charge in [-0.2, -0.15) is 0 Å². The summed E-state index contributed by atoms with van der Waals surface area (Å²) in [4.78, 5) is 0. The lowest BCUT2D eigenvalue weighted by Crippen LogP contribution is -2.41. The predicted molar refractivity (Wildman–Crippen MR) is 164 cm³/mol. The topological polar surface area (TPSA) is 18.5 Å². The molecule has 5 aromatic rings. The Balaban J connectivity index is 1.33. The smallest absolute Gasteiger partial charge is 0.399 e. The molecule has 194 valence electrons. The SMILES string of the molecule is CC1(C)OB(c2cccc(-c3ccc4c(c3)C3(c5ccccc5-c5ccccc53)c3ccccc3-4)c2)OC1(C)C. The van der Waals surface area contributed by atoms with Crippen LogP contribution in [0.1, 0.15) is 49.9 Å². The first-order valence-electron chi connectivity index (χ1n) is 14.2. The van der Waals surface area contributed by atoms with Gasteiger partial charge in [0, 0.05) is 0 Å². The molecular formula is C37H31BO2. The fraction of sp³-hybridized carbons (Fsp3) is 0.189. The third-order valence-electron chi connectivity index (χ3n) is 9.74. The number of hydrogen-bond donors (Lipinski definition) is 0. The van der Waals surface area contributed by atoms with Gasteiger partial charge in [0.25, 0.3) is 0 Å². The van der Waals surface area contributed by atoms with Crippen molar-refractivity contribution in [3.63, 3.8) is 0 Å². The fourth-order valence-corrected chi connectivity index (χ4v) is 7.12. The summed E-state index contributed by atoms with van der Waals surface area (Å²) >= 11 is 0. The molecular weight excluding hydrogens is 487 g/mol. The van der Waals surface area contributed by atoms with Crippen molar-refractivity contribution in [3.8, 4) is 33.4 Å². The van der Waals surface area contributed by atoms with Crippen LogP contribution in [-0.2, 0) is 14.7 Å². The van der Waals surface area contributed by atoms with Crippen molar-refractivity contribution in [1.29, 1.82) is 0 Å². The Bertz CT molecular complexity index is 1750. The van der Waals surface area contributed by atoms with Crippen LogP contribution in [0, 0.1) is 0 Å². The van der Waals surface area contributed by atoms with Crippen molar-refractivity contribution < 1.29 is 9.31 Å². The van der Waals surface area contributed by atoms with Gasteiger partial charge in [-0.05, 0) is 94.9 Å². The highest BCUT2D eigenvalue weighted by Crippen LogP contribution is 2.62. The van der Waals surface area contributed by atoms with Crippen LogP contribution in [0.4, 0.5) is 0 Å². The number of benzene rings is 5. The number of fused-ring (bicyclic) bond motifs is 10. The Labute approximate surface area is 236 Å². The summed E-state index contributed by atoms with van der Waals surface area (Å²) in [5.41, 5.74) is 13.1. The molecule has 3 heteroatoms. The zero-order chi connectivity index (χ0) is 27.3. The molecule has 1 spiro atoms. The van der Waals surface area contributed by atoms with Crippen LogP contribution in [0.15, 0.2) is 115 Å². The molecule has 0 amide bonds. The van der Waals surface area contributed by atoms with Crippen molar-refractivity contribution in [3.05, 3.63) is 138 Å². The first-order valence-corrected chi connectivity index (χ1v) is 14.2. The normalized spacial score (nSPS) is 18.4. The van der Waals surface area contributed by atoms with Crippen LogP contribution in [0.25, 0.3) is 33.4 Å². The fourth-order valence-electron chi connectivity index (χ4n) is 7.12. The molecule has 1 aliphatic heterocycles. The summed E-state index contributed by atoms with van der Waals surface area (Å²) in [6, 6.07) is 42.5. The van der Waals surface area contributed by atoms with Crippen LogP contribution in [0.5, 0.6) is 0 Å². The maximum absolute atomic E-state index is 6.39. The summed E-state index contributed by atoms with van der Waals surface area (Å²) in [6.07, 6.45) is 0. The van der Waals surface area contributed by atoms with E-state index in [1.165, 1.54) is 55.6 Å². The number of hydrogen-bond acceptors (Lipinski definition) is 2. The summed E-state index contributed by atoms with van der Waals surface area (Å²) in [5, 5.41) is 0. The van der Waals surface area contributed by atoms with Gasteiger partial charge in [0.15, 0.2) is 0 Å². The molecule has 40 heavy (non-hydrogen) atoms. The van der Waals surface area contributed by atoms with Crippen molar-refractivity contribution in [2.75, 3.05) is 0 Å². The Hall–Kier alpha value is -3.92. The van der Waals surface area contributed by atoms with Crippen molar-refractivity contribution in [2.45, 2.75) is 44.3 Å². The summed E-state index contributed by atoms with van der Waals surface area (Å²) in [6.45, 7) is 8.41. The standard InChI is InChI=1S/C37H31BO2/c1-35(2)36(3,4)40-38(39-35)26-13-11-12-24(22-26)25-20-21-30-29-16-7-10-19-33(29)37(34(30)23-25)31-17-8-5-14-27(31)28-15-6-9-18-32(28)37/h5-23H,1-4H3. The molecule has 1 fully saturated rings. The van der Waals surface area contributed by atoms with Gasteiger partial charge in [-0.15, -0.1) is 0 Å². The molecule has 0 aromatic heterocycles. The Morgan fingerprint density at radius 2 is 0.925 bits per heavy atom. The van der Waals surface area contributed by atoms with Gasteiger partial charge in [-0.3, -0.25) is 0 Å². The second-order valence-electron chi connectivity index (χ2n) is 12.4. The van der Waals surface area contributed by atoms with E-state index in [1.807, 2.05) is 0 Å². The molecule has 0 unspecified atom stereocenters. The van der Waals surface area contributed by atoms with Crippen LogP contribution in [0.3, 0.4) is 0 Å². The van der Waals surface area contributed by atoms with E-state index in [1.54, 1.807) is 0 Å². The molecule has 1 heterocycles. The molecule has 1 saturated heterocycles. The molecule has 0 saturated carbocycles. The minimum absolute atomic E-state index is 0.335. The van der Waals surface area contributed by atoms with E-state index in [4.69, 9.17) is 9.31 Å². The molecule has 2 nitrogen and oxygen atoms in total. The minimum Gasteiger partial charge on any atom is -0.399 e. The monoisotopic (exact) mass is 518 g/mol. The van der Waals surface area contributed by atoms with Gasteiger partial charge < -0.3 is 9.31 Å². The maximum atomic E-state index is 6.39. The van der Waals surface area contributed by atoms with E-state index >= 15 is 0 Å². The van der Waals surface area contributed by atoms with Crippen molar-refractivity contribution >= 4 is 12.6 Å². The highest BCUT2D eigenvalue weighted by atomic mass is 16.7. The summed E-state index contributed by atoms with van der Waals surface area (Å²) in [7, 11) is -0.386. The van der Waals surface area contributed by atoms with Gasteiger partial charge in [0.1, 0.15) is 0 Å². The second-order valence-corrected chi connectivity index (χ2v) is 12.4. The Morgan fingerprint density at radius 3 is 1.48 bits per heavy atom. The third-order valence-corrected chi connectivity index (χ3v) is 9.74. The molecule has 3 aliphatic rings. The lowest BCUT2D eigenvalue weighted by atomic mass is 9.70. The lowest BCUT2D eigenvalue weighted by Gasteiger charge is -2.32. The van der Waals surface area contributed by atoms with Gasteiger partial charge in [0.2, 0.25) is 0 Å². The van der Waals surface area contributed by atoms with Crippen LogP contribution >= 0.6 is 0 Å². The number of rotatable bonds is 2. The van der Waals surface area contributed by atoms with Crippen LogP contribution < -0.4 is 5.46 Å². The molecule has 0 N–H and O–H groups in total. The summed E-state index contributed by atoms with van der Waals surface area (Å²) < 4.78 is 12.8. The van der Waals surface area contributed by atoms with Crippen LogP contribution in [-0.4, -0.2) is 18.3 Å². The first-order chi connectivity index (χ1) is 19.3. The van der Waals surface area contributed by atoms with Gasteiger partial charge in [0.05, 0.1) is 16.6 Å². The molecule has 0 bridgehead atoms. The average Bonchev–Trinajstić information content (AvgIpc) is 3.52. The zero-order valence-electron chi connectivity index (χ0n) is 23.4. The largest absolute Gasteiger partial charge is 0.494 e. The van der Waals surface area contributed by atoms with Crippen LogP contribution in [0.2, 0.25) is 0 Å². The molecule has 0 radical (unpaired) electrons. The maximum Gasteiger partial charge on any atom is 0.494 e. The molecule has 5 aromatic carbocycles. The van der Waals surface area contributed by atoms with E-state index in [0.29, 0.717) is 0 Å². The molecule has 8 rings (SSSR count). The van der Waals surface area contributed by atoms with Crippen molar-refractivity contribution in [2.24, 2.45) is 0 Å². The molecule has 2 aliphatic carbocycles. The van der Waals surface area contributed by atoms with E-state index in [0.717, 1.165) is 5.46 Å². The Kier molecular flexibility index (Phi) is 4.83. The van der Waals surface area contributed by atoms with Crippen molar-refractivity contribution in [1.82, 2.24) is 0 Å². The van der Waals surface area contributed by atoms with E-state index in [9.17, 15) is 0 Å². The summed E-state index contributed by atoms with van der Waals surface area (Å²) in [5.74, 6) is 0. The highest BCUT2D eigenvalue weighted by Gasteiger charge is 2.53. The molecule has 0 atom stereocenters. The van der Waals surface area contributed by atoms with E-state index < -0.39 is 0 Å². The average molecular weight is 518 g/mol. The van der Waals surface area contributed by atoms with E-state index in [-0.39, 0.29) is 23.7 Å². The highest BCUT2D eigenvalue weighted by molar-refractivity contribution is 6.62. The van der Waals surface area contributed by atoms with Gasteiger partial charge in [-0.1, -0.05) is 109 Å².